The summed E-state index contributed by atoms with van der Waals surface area (Å²) >= 11 is 0. The third-order valence-corrected chi connectivity index (χ3v) is 3.84. The van der Waals surface area contributed by atoms with E-state index >= 15 is 0 Å². The zero-order valence-corrected chi connectivity index (χ0v) is 13.0. The summed E-state index contributed by atoms with van der Waals surface area (Å²) in [6, 6.07) is 6.16. The van der Waals surface area contributed by atoms with Crippen molar-refractivity contribution in [3.63, 3.8) is 0 Å². The zero-order valence-electron chi connectivity index (χ0n) is 13.0. The van der Waals surface area contributed by atoms with Crippen molar-refractivity contribution in [3.8, 4) is 11.3 Å². The van der Waals surface area contributed by atoms with Crippen molar-refractivity contribution in [2.45, 2.75) is 13.8 Å². The van der Waals surface area contributed by atoms with E-state index in [1.54, 1.807) is 4.68 Å². The van der Waals surface area contributed by atoms with Gasteiger partial charge in [-0.3, -0.25) is 9.67 Å². The van der Waals surface area contributed by atoms with E-state index in [1.807, 2.05) is 32.3 Å². The van der Waals surface area contributed by atoms with E-state index in [4.69, 9.17) is 11.5 Å². The summed E-state index contributed by atoms with van der Waals surface area (Å²) in [5.41, 5.74) is 17.0. The van der Waals surface area contributed by atoms with Crippen LogP contribution in [-0.2, 0) is 7.05 Å². The van der Waals surface area contributed by atoms with Crippen molar-refractivity contribution < 1.29 is 0 Å². The molecule has 0 amide bonds. The molecule has 0 saturated heterocycles. The highest BCUT2D eigenvalue weighted by Gasteiger charge is 2.19. The van der Waals surface area contributed by atoms with Crippen molar-refractivity contribution in [2.24, 2.45) is 17.8 Å². The molecule has 0 radical (unpaired) electrons. The fraction of sp³-hybridized carbons (Fsp3) is 0.250. The Kier molecular flexibility index (Phi) is 3.36. The number of nitrogen functional groups attached to an aromatic ring is 1. The molecule has 0 atom stereocenters. The molecule has 0 saturated carbocycles. The number of benzene rings is 1. The fourth-order valence-electron chi connectivity index (χ4n) is 2.65. The predicted molar refractivity (Wildman–Crippen MR) is 90.9 cm³/mol. The molecule has 3 aromatic rings. The number of amidine groups is 1. The highest BCUT2D eigenvalue weighted by Crippen LogP contribution is 2.30. The maximum Gasteiger partial charge on any atom is 0.133 e. The van der Waals surface area contributed by atoms with Crippen LogP contribution in [0.2, 0.25) is 0 Å². The molecule has 2 heterocycles. The number of fused-ring (bicyclic) bond motifs is 1. The quantitative estimate of drug-likeness (QED) is 0.510. The van der Waals surface area contributed by atoms with Gasteiger partial charge >= 0.3 is 0 Å². The van der Waals surface area contributed by atoms with Gasteiger partial charge < -0.3 is 16.5 Å². The number of rotatable bonds is 3. The molecule has 0 aliphatic rings. The maximum atomic E-state index is 6.13. The largest absolute Gasteiger partial charge is 0.383 e. The Bertz CT molecular complexity index is 868. The number of nitrogens with two attached hydrogens (primary N) is 2. The van der Waals surface area contributed by atoms with Gasteiger partial charge in [-0.05, 0) is 31.5 Å². The molecule has 0 fully saturated rings. The van der Waals surface area contributed by atoms with Gasteiger partial charge in [-0.1, -0.05) is 6.07 Å². The molecule has 0 aliphatic carbocycles. The molecule has 1 aromatic carbocycles. The topological polar surface area (TPSA) is 98.0 Å². The van der Waals surface area contributed by atoms with Crippen molar-refractivity contribution in [1.29, 1.82) is 0 Å². The molecule has 114 valence electrons. The SMILES string of the molecule is CCN=C(N)c1c(-c2ccc3[nH]cc(C)c3c2)nn(C)c1N. The molecule has 0 spiro atoms. The summed E-state index contributed by atoms with van der Waals surface area (Å²) in [4.78, 5) is 7.52. The van der Waals surface area contributed by atoms with Crippen molar-refractivity contribution in [2.75, 3.05) is 12.3 Å². The van der Waals surface area contributed by atoms with E-state index in [2.05, 4.69) is 28.1 Å². The minimum Gasteiger partial charge on any atom is -0.383 e. The molecule has 0 aliphatic heterocycles. The highest BCUT2D eigenvalue weighted by molar-refractivity contribution is 6.07. The standard InChI is InChI=1S/C16H20N6/c1-4-19-15(17)13-14(21-22(3)16(13)18)10-5-6-12-11(7-10)9(2)8-20-12/h5-8,20H,4,18H2,1-3H3,(H2,17,19). The number of aliphatic imine (C=N–C) groups is 1. The Morgan fingerprint density at radius 1 is 1.41 bits per heavy atom. The lowest BCUT2D eigenvalue weighted by atomic mass is 10.0. The van der Waals surface area contributed by atoms with Crippen LogP contribution in [-0.4, -0.2) is 27.1 Å². The first-order valence-corrected chi connectivity index (χ1v) is 7.23. The second-order valence-corrected chi connectivity index (χ2v) is 5.32. The molecule has 0 unspecified atom stereocenters. The Balaban J connectivity index is 2.23. The van der Waals surface area contributed by atoms with Crippen molar-refractivity contribution in [1.82, 2.24) is 14.8 Å². The lowest BCUT2D eigenvalue weighted by Gasteiger charge is -2.04. The lowest BCUT2D eigenvalue weighted by molar-refractivity contribution is 0.782. The smallest absolute Gasteiger partial charge is 0.133 e. The maximum absolute atomic E-state index is 6.13. The fourth-order valence-corrected chi connectivity index (χ4v) is 2.65. The first-order chi connectivity index (χ1) is 10.5. The van der Waals surface area contributed by atoms with Gasteiger partial charge in [0, 0.05) is 36.3 Å². The molecular weight excluding hydrogens is 276 g/mol. The second-order valence-electron chi connectivity index (χ2n) is 5.32. The minimum atomic E-state index is 0.425. The molecule has 6 nitrogen and oxygen atoms in total. The zero-order chi connectivity index (χ0) is 15.9. The van der Waals surface area contributed by atoms with Crippen LogP contribution in [0.25, 0.3) is 22.2 Å². The van der Waals surface area contributed by atoms with Gasteiger partial charge in [0.1, 0.15) is 17.3 Å². The summed E-state index contributed by atoms with van der Waals surface area (Å²) in [5, 5.41) is 5.69. The molecule has 6 heteroatoms. The highest BCUT2D eigenvalue weighted by atomic mass is 15.3. The number of aromatic amines is 1. The average Bonchev–Trinajstić information content (AvgIpc) is 3.01. The molecular formula is C16H20N6. The van der Waals surface area contributed by atoms with Crippen molar-refractivity contribution >= 4 is 22.6 Å². The summed E-state index contributed by atoms with van der Waals surface area (Å²) in [6.45, 7) is 4.62. The van der Waals surface area contributed by atoms with E-state index < -0.39 is 0 Å². The number of hydrogen-bond donors (Lipinski definition) is 3. The molecule has 0 bridgehead atoms. The van der Waals surface area contributed by atoms with Gasteiger partial charge in [-0.25, -0.2) is 0 Å². The number of aryl methyl sites for hydroxylation is 2. The number of anilines is 1. The van der Waals surface area contributed by atoms with Crippen LogP contribution in [0, 0.1) is 6.92 Å². The van der Waals surface area contributed by atoms with Crippen LogP contribution in [0.1, 0.15) is 18.1 Å². The van der Waals surface area contributed by atoms with E-state index in [-0.39, 0.29) is 0 Å². The van der Waals surface area contributed by atoms with Gasteiger partial charge in [0.2, 0.25) is 0 Å². The van der Waals surface area contributed by atoms with Gasteiger partial charge in [0.05, 0.1) is 5.56 Å². The molecule has 5 N–H and O–H groups in total. The van der Waals surface area contributed by atoms with E-state index in [0.29, 0.717) is 23.8 Å². The Morgan fingerprint density at radius 3 is 2.91 bits per heavy atom. The summed E-state index contributed by atoms with van der Waals surface area (Å²) < 4.78 is 1.64. The summed E-state index contributed by atoms with van der Waals surface area (Å²) in [7, 11) is 1.81. The third-order valence-electron chi connectivity index (χ3n) is 3.84. The molecule has 3 rings (SSSR count). The van der Waals surface area contributed by atoms with Crippen LogP contribution < -0.4 is 11.5 Å². The first-order valence-electron chi connectivity index (χ1n) is 7.23. The Labute approximate surface area is 128 Å². The normalized spacial score (nSPS) is 12.2. The van der Waals surface area contributed by atoms with E-state index in [0.717, 1.165) is 16.8 Å². The van der Waals surface area contributed by atoms with Crippen LogP contribution in [0.15, 0.2) is 29.4 Å². The Morgan fingerprint density at radius 2 is 2.18 bits per heavy atom. The van der Waals surface area contributed by atoms with Crippen LogP contribution in [0.5, 0.6) is 0 Å². The van der Waals surface area contributed by atoms with Gasteiger partial charge in [0.25, 0.3) is 0 Å². The molecule has 2 aromatic heterocycles. The number of nitrogens with zero attached hydrogens (tertiary/aromatic N) is 3. The van der Waals surface area contributed by atoms with Gasteiger partial charge in [0.15, 0.2) is 0 Å². The average molecular weight is 296 g/mol. The van der Waals surface area contributed by atoms with E-state index in [9.17, 15) is 0 Å². The number of H-pyrrole nitrogens is 1. The summed E-state index contributed by atoms with van der Waals surface area (Å²) in [6.07, 6.45) is 2.00. The van der Waals surface area contributed by atoms with Gasteiger partial charge in [-0.15, -0.1) is 0 Å². The Hall–Kier alpha value is -2.76. The number of hydrogen-bond acceptors (Lipinski definition) is 3. The van der Waals surface area contributed by atoms with Crippen LogP contribution in [0.4, 0.5) is 5.82 Å². The number of aromatic nitrogens is 3. The minimum absolute atomic E-state index is 0.425. The van der Waals surface area contributed by atoms with Crippen LogP contribution >= 0.6 is 0 Å². The van der Waals surface area contributed by atoms with Crippen LogP contribution in [0.3, 0.4) is 0 Å². The lowest BCUT2D eigenvalue weighted by Crippen LogP contribution is -2.16. The van der Waals surface area contributed by atoms with Gasteiger partial charge in [-0.2, -0.15) is 5.10 Å². The van der Waals surface area contributed by atoms with E-state index in [1.165, 1.54) is 10.9 Å². The third kappa shape index (κ3) is 2.13. The molecule has 22 heavy (non-hydrogen) atoms. The van der Waals surface area contributed by atoms with Crippen molar-refractivity contribution in [3.05, 3.63) is 35.5 Å². The predicted octanol–water partition coefficient (Wildman–Crippen LogP) is 2.18. The summed E-state index contributed by atoms with van der Waals surface area (Å²) in [5.74, 6) is 0.949. The first kappa shape index (κ1) is 14.2. The number of nitrogens with one attached hydrogen (secondary N) is 1. The monoisotopic (exact) mass is 296 g/mol. The second kappa shape index (κ2) is 5.22.